The van der Waals surface area contributed by atoms with E-state index in [4.69, 9.17) is 23.2 Å². The van der Waals surface area contributed by atoms with Crippen molar-refractivity contribution in [1.29, 1.82) is 0 Å². The van der Waals surface area contributed by atoms with Gasteiger partial charge in [0, 0.05) is 23.4 Å². The van der Waals surface area contributed by atoms with E-state index in [1.807, 2.05) is 0 Å². The summed E-state index contributed by atoms with van der Waals surface area (Å²) in [7, 11) is 0. The molecule has 0 spiro atoms. The first-order valence-corrected chi connectivity index (χ1v) is 5.81. The number of nitrogens with zero attached hydrogens (tertiary/aromatic N) is 1. The van der Waals surface area contributed by atoms with E-state index >= 15 is 0 Å². The third-order valence-corrected chi connectivity index (χ3v) is 2.94. The van der Waals surface area contributed by atoms with Gasteiger partial charge in [-0.25, -0.2) is 0 Å². The first-order valence-electron chi connectivity index (χ1n) is 5.05. The van der Waals surface area contributed by atoms with Gasteiger partial charge >= 0.3 is 0 Å². The predicted octanol–water partition coefficient (Wildman–Crippen LogP) is 3.92. The molecule has 0 atom stereocenters. The van der Waals surface area contributed by atoms with Gasteiger partial charge in [-0.3, -0.25) is 4.79 Å². The van der Waals surface area contributed by atoms with Crippen molar-refractivity contribution >= 4 is 34.8 Å². The van der Waals surface area contributed by atoms with Gasteiger partial charge in [-0.2, -0.15) is 13.8 Å². The SMILES string of the molecule is O=C(Nc1ccc(Cl)c(Cl)c1)c1cc(F)nc(F)c1. The number of carbonyl (C=O) groups excluding carboxylic acids is 1. The largest absolute Gasteiger partial charge is 0.322 e. The minimum Gasteiger partial charge on any atom is -0.322 e. The van der Waals surface area contributed by atoms with Crippen LogP contribution in [0.2, 0.25) is 10.0 Å². The van der Waals surface area contributed by atoms with Crippen molar-refractivity contribution in [2.24, 2.45) is 0 Å². The topological polar surface area (TPSA) is 42.0 Å². The average Bonchev–Trinajstić information content (AvgIpc) is 2.32. The van der Waals surface area contributed by atoms with Gasteiger partial charge in [0.15, 0.2) is 0 Å². The van der Waals surface area contributed by atoms with Gasteiger partial charge in [-0.1, -0.05) is 23.2 Å². The second kappa shape index (κ2) is 5.50. The highest BCUT2D eigenvalue weighted by Crippen LogP contribution is 2.25. The molecule has 7 heteroatoms. The lowest BCUT2D eigenvalue weighted by molar-refractivity contribution is 0.102. The highest BCUT2D eigenvalue weighted by molar-refractivity contribution is 6.42. The maximum Gasteiger partial charge on any atom is 0.255 e. The second-order valence-electron chi connectivity index (χ2n) is 3.58. The lowest BCUT2D eigenvalue weighted by Gasteiger charge is -2.06. The Labute approximate surface area is 117 Å². The van der Waals surface area contributed by atoms with Crippen molar-refractivity contribution in [2.45, 2.75) is 0 Å². The molecular weight excluding hydrogens is 297 g/mol. The van der Waals surface area contributed by atoms with Crippen LogP contribution in [0, 0.1) is 11.9 Å². The lowest BCUT2D eigenvalue weighted by atomic mass is 10.2. The van der Waals surface area contributed by atoms with E-state index in [9.17, 15) is 13.6 Å². The van der Waals surface area contributed by atoms with E-state index in [1.165, 1.54) is 18.2 Å². The number of anilines is 1. The fraction of sp³-hybridized carbons (Fsp3) is 0. The predicted molar refractivity (Wildman–Crippen MR) is 68.6 cm³/mol. The zero-order valence-corrected chi connectivity index (χ0v) is 10.8. The van der Waals surface area contributed by atoms with Crippen molar-refractivity contribution in [3.63, 3.8) is 0 Å². The molecule has 0 aliphatic carbocycles. The maximum atomic E-state index is 12.9. The molecule has 1 aromatic carbocycles. The Morgan fingerprint density at radius 1 is 1.05 bits per heavy atom. The average molecular weight is 303 g/mol. The van der Waals surface area contributed by atoms with Crippen LogP contribution in [-0.4, -0.2) is 10.9 Å². The fourth-order valence-corrected chi connectivity index (χ4v) is 1.67. The van der Waals surface area contributed by atoms with E-state index in [2.05, 4.69) is 10.3 Å². The Bertz CT molecular complexity index is 629. The van der Waals surface area contributed by atoms with Crippen LogP contribution in [0.3, 0.4) is 0 Å². The van der Waals surface area contributed by atoms with Gasteiger partial charge in [0.1, 0.15) is 0 Å². The second-order valence-corrected chi connectivity index (χ2v) is 4.40. The molecule has 0 saturated heterocycles. The van der Waals surface area contributed by atoms with Crippen molar-refractivity contribution in [2.75, 3.05) is 5.32 Å². The standard InChI is InChI=1S/C12H6Cl2F2N2O/c13-8-2-1-7(5-9(8)14)17-12(19)6-3-10(15)18-11(16)4-6/h1-5H,(H,17,19). The summed E-state index contributed by atoms with van der Waals surface area (Å²) < 4.78 is 25.7. The van der Waals surface area contributed by atoms with Crippen molar-refractivity contribution in [1.82, 2.24) is 4.98 Å². The summed E-state index contributed by atoms with van der Waals surface area (Å²) in [4.78, 5) is 14.7. The Morgan fingerprint density at radius 2 is 1.68 bits per heavy atom. The number of halogens is 4. The molecule has 0 unspecified atom stereocenters. The van der Waals surface area contributed by atoms with Crippen molar-refractivity contribution < 1.29 is 13.6 Å². The smallest absolute Gasteiger partial charge is 0.255 e. The van der Waals surface area contributed by atoms with E-state index in [-0.39, 0.29) is 10.6 Å². The molecule has 0 saturated carbocycles. The van der Waals surface area contributed by atoms with Crippen LogP contribution in [0.15, 0.2) is 30.3 Å². The first kappa shape index (κ1) is 13.7. The summed E-state index contributed by atoms with van der Waals surface area (Å²) in [5, 5.41) is 3.03. The van der Waals surface area contributed by atoms with E-state index in [0.29, 0.717) is 10.7 Å². The summed E-state index contributed by atoms with van der Waals surface area (Å²) in [6.45, 7) is 0. The number of carbonyl (C=O) groups is 1. The number of nitrogens with one attached hydrogen (secondary N) is 1. The van der Waals surface area contributed by atoms with Crippen LogP contribution >= 0.6 is 23.2 Å². The number of hydrogen-bond donors (Lipinski definition) is 1. The fourth-order valence-electron chi connectivity index (χ4n) is 1.37. The Hall–Kier alpha value is -1.72. The summed E-state index contributed by atoms with van der Waals surface area (Å²) in [5.41, 5.74) is 0.174. The van der Waals surface area contributed by atoms with Crippen molar-refractivity contribution in [3.8, 4) is 0 Å². The molecule has 1 heterocycles. The van der Waals surface area contributed by atoms with Crippen LogP contribution in [0.4, 0.5) is 14.5 Å². The quantitative estimate of drug-likeness (QED) is 0.854. The molecule has 2 aromatic rings. The number of pyridine rings is 1. The molecule has 0 fully saturated rings. The molecule has 0 radical (unpaired) electrons. The number of aromatic nitrogens is 1. The van der Waals surface area contributed by atoms with E-state index < -0.39 is 17.8 Å². The van der Waals surface area contributed by atoms with Gasteiger partial charge in [0.05, 0.1) is 10.0 Å². The summed E-state index contributed by atoms with van der Waals surface area (Å²) >= 11 is 11.5. The minimum atomic E-state index is -1.07. The van der Waals surface area contributed by atoms with E-state index in [1.54, 1.807) is 0 Å². The molecule has 19 heavy (non-hydrogen) atoms. The van der Waals surface area contributed by atoms with Crippen LogP contribution in [0.5, 0.6) is 0 Å². The molecule has 1 amide bonds. The molecule has 1 N–H and O–H groups in total. The molecule has 98 valence electrons. The van der Waals surface area contributed by atoms with Crippen molar-refractivity contribution in [3.05, 3.63) is 57.8 Å². The van der Waals surface area contributed by atoms with E-state index in [0.717, 1.165) is 12.1 Å². The molecule has 3 nitrogen and oxygen atoms in total. The lowest BCUT2D eigenvalue weighted by Crippen LogP contribution is -2.13. The molecular formula is C12H6Cl2F2N2O. The summed E-state index contributed by atoms with van der Waals surface area (Å²) in [6, 6.07) is 6.09. The first-order chi connectivity index (χ1) is 8.95. The zero-order valence-electron chi connectivity index (χ0n) is 9.25. The van der Waals surface area contributed by atoms with Gasteiger partial charge in [0.25, 0.3) is 5.91 Å². The maximum absolute atomic E-state index is 12.9. The normalized spacial score (nSPS) is 10.3. The van der Waals surface area contributed by atoms with Crippen LogP contribution in [0.25, 0.3) is 0 Å². The van der Waals surface area contributed by atoms with Crippen LogP contribution < -0.4 is 5.32 Å². The van der Waals surface area contributed by atoms with Gasteiger partial charge in [0.2, 0.25) is 11.9 Å². The Kier molecular flexibility index (Phi) is 3.97. The third-order valence-electron chi connectivity index (χ3n) is 2.20. The zero-order chi connectivity index (χ0) is 14.0. The van der Waals surface area contributed by atoms with Gasteiger partial charge in [-0.05, 0) is 18.2 Å². The molecule has 1 aromatic heterocycles. The highest BCUT2D eigenvalue weighted by Gasteiger charge is 2.11. The van der Waals surface area contributed by atoms with Gasteiger partial charge in [-0.15, -0.1) is 0 Å². The van der Waals surface area contributed by atoms with Crippen LogP contribution in [-0.2, 0) is 0 Å². The summed E-state index contributed by atoms with van der Waals surface area (Å²) in [6.07, 6.45) is 0. The van der Waals surface area contributed by atoms with Crippen LogP contribution in [0.1, 0.15) is 10.4 Å². The third kappa shape index (κ3) is 3.39. The van der Waals surface area contributed by atoms with Gasteiger partial charge < -0.3 is 5.32 Å². The number of benzene rings is 1. The number of hydrogen-bond acceptors (Lipinski definition) is 2. The molecule has 0 aliphatic rings. The molecule has 0 aliphatic heterocycles. The minimum absolute atomic E-state index is 0.184. The Morgan fingerprint density at radius 3 is 2.26 bits per heavy atom. The number of rotatable bonds is 2. The molecule has 0 bridgehead atoms. The number of amides is 1. The highest BCUT2D eigenvalue weighted by atomic mass is 35.5. The monoisotopic (exact) mass is 302 g/mol. The molecule has 2 rings (SSSR count). The summed E-state index contributed by atoms with van der Waals surface area (Å²) in [5.74, 6) is -2.82. The Balaban J connectivity index is 2.22.